The minimum Gasteiger partial charge on any atom is -0.497 e. The Hall–Kier alpha value is -2.61. The largest absolute Gasteiger partial charge is 0.497 e. The summed E-state index contributed by atoms with van der Waals surface area (Å²) >= 11 is 0. The minimum absolute atomic E-state index is 0.00621. The molecular weight excluding hydrogens is 352 g/mol. The summed E-state index contributed by atoms with van der Waals surface area (Å²) in [7, 11) is 3.02. The molecule has 0 unspecified atom stereocenters. The van der Waals surface area contributed by atoms with E-state index in [4.69, 9.17) is 9.47 Å². The van der Waals surface area contributed by atoms with Crippen LogP contribution in [0.2, 0.25) is 0 Å². The first-order valence-electron chi connectivity index (χ1n) is 8.95. The van der Waals surface area contributed by atoms with Crippen LogP contribution in [-0.4, -0.2) is 79.2 Å². The summed E-state index contributed by atoms with van der Waals surface area (Å²) in [4.78, 5) is 40.6. The summed E-state index contributed by atoms with van der Waals surface area (Å²) in [5.41, 5.74) is 0.247. The van der Waals surface area contributed by atoms with Gasteiger partial charge in [-0.2, -0.15) is 0 Å². The number of carboxylic acid groups (broad SMARTS) is 1. The predicted molar refractivity (Wildman–Crippen MR) is 96.0 cm³/mol. The van der Waals surface area contributed by atoms with E-state index in [1.807, 2.05) is 4.90 Å². The number of amides is 2. The standard InChI is InChI=1S/C19H24N2O6/c1-26-6-5-21-15-4-3-12(18(21)23)10-20(11-15)17(22)13-7-14(19(24)25)9-16(8-13)27-2/h7-9,12,15H,3-6,10-11H2,1-2H3,(H,24,25)/t12-,15+/m0/s1. The minimum atomic E-state index is -1.13. The number of fused-ring (bicyclic) bond motifs is 4. The summed E-state index contributed by atoms with van der Waals surface area (Å²) in [6, 6.07) is 4.22. The van der Waals surface area contributed by atoms with Gasteiger partial charge < -0.3 is 24.4 Å². The van der Waals surface area contributed by atoms with Crippen molar-refractivity contribution in [1.82, 2.24) is 9.80 Å². The van der Waals surface area contributed by atoms with Crippen LogP contribution in [0, 0.1) is 5.92 Å². The van der Waals surface area contributed by atoms with Crippen LogP contribution < -0.4 is 4.74 Å². The highest BCUT2D eigenvalue weighted by molar-refractivity contribution is 5.98. The van der Waals surface area contributed by atoms with Gasteiger partial charge in [0.2, 0.25) is 5.91 Å². The summed E-state index contributed by atoms with van der Waals surface area (Å²) in [5, 5.41) is 9.27. The second-order valence-electron chi connectivity index (χ2n) is 6.92. The second kappa shape index (κ2) is 7.96. The molecule has 2 bridgehead atoms. The number of carbonyl (C=O) groups excluding carboxylic acids is 2. The van der Waals surface area contributed by atoms with E-state index in [0.29, 0.717) is 32.0 Å². The Bertz CT molecular complexity index is 750. The third-order valence-corrected chi connectivity index (χ3v) is 5.25. The zero-order valence-corrected chi connectivity index (χ0v) is 15.5. The predicted octanol–water partition coefficient (Wildman–Crippen LogP) is 1.10. The van der Waals surface area contributed by atoms with Gasteiger partial charge in [0.05, 0.1) is 25.2 Å². The van der Waals surface area contributed by atoms with E-state index >= 15 is 0 Å². The normalized spacial score (nSPS) is 21.9. The van der Waals surface area contributed by atoms with E-state index in [0.717, 1.165) is 12.8 Å². The fourth-order valence-electron chi connectivity index (χ4n) is 3.84. The Balaban J connectivity index is 1.85. The van der Waals surface area contributed by atoms with Gasteiger partial charge in [-0.1, -0.05) is 0 Å². The Morgan fingerprint density at radius 2 is 1.89 bits per heavy atom. The molecule has 0 radical (unpaired) electrons. The monoisotopic (exact) mass is 376 g/mol. The van der Waals surface area contributed by atoms with E-state index in [1.165, 1.54) is 25.3 Å². The van der Waals surface area contributed by atoms with Crippen molar-refractivity contribution < 1.29 is 29.0 Å². The Kier molecular flexibility index (Phi) is 5.65. The van der Waals surface area contributed by atoms with Crippen LogP contribution in [0.5, 0.6) is 5.75 Å². The number of benzene rings is 1. The van der Waals surface area contributed by atoms with Gasteiger partial charge in [0.15, 0.2) is 0 Å². The fraction of sp³-hybridized carbons (Fsp3) is 0.526. The van der Waals surface area contributed by atoms with E-state index in [-0.39, 0.29) is 34.9 Å². The van der Waals surface area contributed by atoms with Gasteiger partial charge in [0, 0.05) is 38.3 Å². The molecule has 2 atom stereocenters. The maximum Gasteiger partial charge on any atom is 0.335 e. The third-order valence-electron chi connectivity index (χ3n) is 5.25. The van der Waals surface area contributed by atoms with Crippen molar-refractivity contribution in [3.63, 3.8) is 0 Å². The van der Waals surface area contributed by atoms with Crippen molar-refractivity contribution >= 4 is 17.8 Å². The molecule has 8 heteroatoms. The highest BCUT2D eigenvalue weighted by atomic mass is 16.5. The lowest BCUT2D eigenvalue weighted by Gasteiger charge is -2.35. The topological polar surface area (TPSA) is 96.4 Å². The van der Waals surface area contributed by atoms with Gasteiger partial charge in [-0.25, -0.2) is 4.79 Å². The molecule has 27 heavy (non-hydrogen) atoms. The van der Waals surface area contributed by atoms with Gasteiger partial charge in [0.1, 0.15) is 5.75 Å². The third kappa shape index (κ3) is 3.90. The van der Waals surface area contributed by atoms with Gasteiger partial charge in [-0.05, 0) is 31.0 Å². The molecule has 3 saturated heterocycles. The molecule has 0 aromatic heterocycles. The number of methoxy groups -OCH3 is 2. The molecule has 4 rings (SSSR count). The number of hydrogen-bond donors (Lipinski definition) is 1. The van der Waals surface area contributed by atoms with E-state index in [2.05, 4.69) is 0 Å². The molecule has 0 aliphatic carbocycles. The van der Waals surface area contributed by atoms with E-state index in [9.17, 15) is 19.5 Å². The molecule has 2 amide bonds. The quantitative estimate of drug-likeness (QED) is 0.799. The lowest BCUT2D eigenvalue weighted by molar-refractivity contribution is -0.140. The van der Waals surface area contributed by atoms with Crippen molar-refractivity contribution in [3.05, 3.63) is 29.3 Å². The van der Waals surface area contributed by atoms with Crippen molar-refractivity contribution in [1.29, 1.82) is 0 Å². The molecule has 1 aromatic carbocycles. The van der Waals surface area contributed by atoms with Crippen LogP contribution in [0.25, 0.3) is 0 Å². The fourth-order valence-corrected chi connectivity index (χ4v) is 3.84. The molecular formula is C19H24N2O6. The molecule has 1 aromatic rings. The average molecular weight is 376 g/mol. The van der Waals surface area contributed by atoms with Crippen molar-refractivity contribution in [2.45, 2.75) is 18.9 Å². The molecule has 146 valence electrons. The molecule has 0 spiro atoms. The zero-order valence-electron chi connectivity index (χ0n) is 15.5. The molecule has 3 aliphatic rings. The molecule has 1 N–H and O–H groups in total. The smallest absolute Gasteiger partial charge is 0.335 e. The summed E-state index contributed by atoms with van der Waals surface area (Å²) in [6.45, 7) is 1.75. The Morgan fingerprint density at radius 3 is 2.56 bits per heavy atom. The van der Waals surface area contributed by atoms with Crippen LogP contribution in [0.15, 0.2) is 18.2 Å². The van der Waals surface area contributed by atoms with Crippen molar-refractivity contribution in [2.24, 2.45) is 5.92 Å². The van der Waals surface area contributed by atoms with Crippen LogP contribution >= 0.6 is 0 Å². The average Bonchev–Trinajstić information content (AvgIpc) is 2.96. The molecule has 3 fully saturated rings. The molecule has 3 aliphatic heterocycles. The van der Waals surface area contributed by atoms with Gasteiger partial charge in [-0.15, -0.1) is 0 Å². The molecule has 8 nitrogen and oxygen atoms in total. The van der Waals surface area contributed by atoms with Gasteiger partial charge in [-0.3, -0.25) is 9.59 Å². The van der Waals surface area contributed by atoms with Crippen LogP contribution in [0.4, 0.5) is 0 Å². The molecule has 0 saturated carbocycles. The summed E-state index contributed by atoms with van der Waals surface area (Å²) in [5.74, 6) is -1.26. The number of carboxylic acids is 1. The Morgan fingerprint density at radius 1 is 1.15 bits per heavy atom. The van der Waals surface area contributed by atoms with Crippen LogP contribution in [0.1, 0.15) is 33.6 Å². The first-order valence-corrected chi connectivity index (χ1v) is 8.95. The number of nitrogens with zero attached hydrogens (tertiary/aromatic N) is 2. The Labute approximate surface area is 157 Å². The van der Waals surface area contributed by atoms with Crippen molar-refractivity contribution in [3.8, 4) is 5.75 Å². The number of carbonyl (C=O) groups is 3. The first kappa shape index (κ1) is 19.2. The van der Waals surface area contributed by atoms with E-state index in [1.54, 1.807) is 12.0 Å². The summed E-state index contributed by atoms with van der Waals surface area (Å²) < 4.78 is 10.2. The highest BCUT2D eigenvalue weighted by Gasteiger charge is 2.41. The van der Waals surface area contributed by atoms with E-state index < -0.39 is 5.97 Å². The lowest BCUT2D eigenvalue weighted by Crippen LogP contribution is -2.49. The summed E-state index contributed by atoms with van der Waals surface area (Å²) in [6.07, 6.45) is 1.61. The van der Waals surface area contributed by atoms with Gasteiger partial charge in [0.25, 0.3) is 5.91 Å². The number of hydrogen-bond acceptors (Lipinski definition) is 5. The van der Waals surface area contributed by atoms with Crippen LogP contribution in [0.3, 0.4) is 0 Å². The highest BCUT2D eigenvalue weighted by Crippen LogP contribution is 2.30. The number of aromatic carboxylic acids is 1. The lowest BCUT2D eigenvalue weighted by atomic mass is 9.94. The maximum absolute atomic E-state index is 13.1. The zero-order chi connectivity index (χ0) is 19.6. The second-order valence-corrected chi connectivity index (χ2v) is 6.92. The SMILES string of the molecule is COCCN1C(=O)[C@H]2CC[C@@H]1CN(C(=O)c1cc(OC)cc(C(=O)O)c1)C2. The van der Waals surface area contributed by atoms with Gasteiger partial charge >= 0.3 is 5.97 Å². The maximum atomic E-state index is 13.1. The number of piperidine rings is 1. The number of ether oxygens (including phenoxy) is 2. The molecule has 3 heterocycles. The number of rotatable bonds is 6. The van der Waals surface area contributed by atoms with Crippen molar-refractivity contribution in [2.75, 3.05) is 40.5 Å². The van der Waals surface area contributed by atoms with Crippen LogP contribution in [-0.2, 0) is 9.53 Å². The first-order chi connectivity index (χ1) is 12.9.